The van der Waals surface area contributed by atoms with Crippen LogP contribution < -0.4 is 19.5 Å². The van der Waals surface area contributed by atoms with Crippen LogP contribution in [0.1, 0.15) is 11.1 Å². The lowest BCUT2D eigenvalue weighted by Crippen LogP contribution is -2.36. The highest BCUT2D eigenvalue weighted by molar-refractivity contribution is 7.22. The second-order valence-corrected chi connectivity index (χ2v) is 10.2. The van der Waals surface area contributed by atoms with Crippen molar-refractivity contribution < 1.29 is 23.4 Å². The average molecular weight is 551 g/mol. The van der Waals surface area contributed by atoms with Gasteiger partial charge >= 0.3 is 6.09 Å². The van der Waals surface area contributed by atoms with Gasteiger partial charge in [0.05, 0.1) is 41.1 Å². The number of halogens is 2. The molecule has 1 N–H and O–H groups in total. The molecule has 3 aromatic carbocycles. The first-order valence-corrected chi connectivity index (χ1v) is 12.9. The number of ether oxygens (including phenoxy) is 3. The SMILES string of the molecule is COc1cnc2c(-c3nc4cc(F)c5c(c4s3)CC(CNC(=O)Oc3ccc(Cl)cc3)O5)cc(C)cc2n1. The van der Waals surface area contributed by atoms with E-state index in [1.54, 1.807) is 37.6 Å². The van der Waals surface area contributed by atoms with E-state index in [2.05, 4.69) is 15.3 Å². The van der Waals surface area contributed by atoms with E-state index in [9.17, 15) is 4.79 Å². The normalized spacial score (nSPS) is 14.4. The standard InChI is InChI=1S/C27H20ClFN4O4S/c1-13-7-17(23-20(8-13)32-22(35-2)12-30-23)26-33-21-10-19(29)24-18(25(21)38-26)9-16(36-24)11-31-27(34)37-15-5-3-14(28)4-6-15/h3-8,10,12,16H,9,11H2,1-2H3,(H,31,34). The highest BCUT2D eigenvalue weighted by atomic mass is 35.5. The van der Waals surface area contributed by atoms with Crippen molar-refractivity contribution in [1.29, 1.82) is 0 Å². The van der Waals surface area contributed by atoms with Crippen LogP contribution in [0.4, 0.5) is 9.18 Å². The van der Waals surface area contributed by atoms with E-state index >= 15 is 4.39 Å². The summed E-state index contributed by atoms with van der Waals surface area (Å²) in [5.74, 6) is 0.477. The van der Waals surface area contributed by atoms with Gasteiger partial charge < -0.3 is 19.5 Å². The van der Waals surface area contributed by atoms with Gasteiger partial charge in [0, 0.05) is 28.6 Å². The highest BCUT2D eigenvalue weighted by Crippen LogP contribution is 2.43. The Labute approximate surface area is 225 Å². The zero-order valence-corrected chi connectivity index (χ0v) is 21.8. The molecular weight excluding hydrogens is 531 g/mol. The molecule has 0 saturated heterocycles. The van der Waals surface area contributed by atoms with Crippen LogP contribution in [0.3, 0.4) is 0 Å². The van der Waals surface area contributed by atoms with Gasteiger partial charge in [0.2, 0.25) is 5.88 Å². The maximum absolute atomic E-state index is 15.0. The fraction of sp³-hybridized carbons (Fsp3) is 0.185. The molecule has 5 aromatic rings. The fourth-order valence-electron chi connectivity index (χ4n) is 4.41. The first-order valence-electron chi connectivity index (χ1n) is 11.7. The van der Waals surface area contributed by atoms with Gasteiger partial charge in [-0.3, -0.25) is 0 Å². The van der Waals surface area contributed by atoms with Gasteiger partial charge in [-0.15, -0.1) is 11.3 Å². The van der Waals surface area contributed by atoms with E-state index in [-0.39, 0.29) is 12.3 Å². The Bertz CT molecular complexity index is 1710. The van der Waals surface area contributed by atoms with E-state index in [4.69, 9.17) is 30.8 Å². The number of thiazole rings is 1. The van der Waals surface area contributed by atoms with Gasteiger partial charge in [0.1, 0.15) is 16.9 Å². The van der Waals surface area contributed by atoms with Crippen molar-refractivity contribution in [3.8, 4) is 28.0 Å². The number of rotatable bonds is 5. The van der Waals surface area contributed by atoms with Crippen LogP contribution in [0, 0.1) is 12.7 Å². The summed E-state index contributed by atoms with van der Waals surface area (Å²) in [6.45, 7) is 2.12. The zero-order valence-electron chi connectivity index (χ0n) is 20.2. The predicted molar refractivity (Wildman–Crippen MR) is 143 cm³/mol. The maximum atomic E-state index is 15.0. The molecule has 0 fully saturated rings. The minimum Gasteiger partial charge on any atom is -0.485 e. The number of aromatic nitrogens is 3. The molecule has 0 saturated carbocycles. The zero-order chi connectivity index (χ0) is 26.4. The third-order valence-electron chi connectivity index (χ3n) is 6.10. The van der Waals surface area contributed by atoms with Gasteiger partial charge in [0.15, 0.2) is 11.6 Å². The largest absolute Gasteiger partial charge is 0.485 e. The number of nitrogens with one attached hydrogen (secondary N) is 1. The molecule has 192 valence electrons. The lowest BCUT2D eigenvalue weighted by molar-refractivity contribution is 0.184. The Kier molecular flexibility index (Phi) is 6.21. The summed E-state index contributed by atoms with van der Waals surface area (Å²) in [7, 11) is 1.54. The van der Waals surface area contributed by atoms with Crippen molar-refractivity contribution in [2.24, 2.45) is 0 Å². The summed E-state index contributed by atoms with van der Waals surface area (Å²) in [5.41, 5.74) is 4.45. The molecule has 6 rings (SSSR count). The number of carbonyl (C=O) groups excluding carboxylic acids is 1. The van der Waals surface area contributed by atoms with Crippen molar-refractivity contribution in [1.82, 2.24) is 20.3 Å². The molecule has 0 bridgehead atoms. The molecule has 1 unspecified atom stereocenters. The summed E-state index contributed by atoms with van der Waals surface area (Å²) >= 11 is 7.30. The predicted octanol–water partition coefficient (Wildman–Crippen LogP) is 6.11. The molecule has 0 aliphatic carbocycles. The number of aryl methyl sites for hydroxylation is 1. The number of benzene rings is 3. The second kappa shape index (κ2) is 9.70. The first-order chi connectivity index (χ1) is 18.4. The molecule has 3 heterocycles. The van der Waals surface area contributed by atoms with E-state index < -0.39 is 18.0 Å². The number of hydrogen-bond acceptors (Lipinski definition) is 8. The Balaban J connectivity index is 1.25. The molecule has 1 aliphatic heterocycles. The van der Waals surface area contributed by atoms with Crippen molar-refractivity contribution in [3.63, 3.8) is 0 Å². The van der Waals surface area contributed by atoms with Crippen LogP contribution in [-0.2, 0) is 6.42 Å². The quantitative estimate of drug-likeness (QED) is 0.282. The Morgan fingerprint density at radius 1 is 1.21 bits per heavy atom. The Morgan fingerprint density at radius 3 is 2.82 bits per heavy atom. The number of amides is 1. The summed E-state index contributed by atoms with van der Waals surface area (Å²) in [4.78, 5) is 26.0. The molecule has 1 amide bonds. The van der Waals surface area contributed by atoms with Gasteiger partial charge in [-0.1, -0.05) is 11.6 Å². The van der Waals surface area contributed by atoms with Gasteiger partial charge in [-0.05, 0) is 48.9 Å². The van der Waals surface area contributed by atoms with Crippen LogP contribution in [-0.4, -0.2) is 40.8 Å². The minimum atomic E-state index is -0.637. The lowest BCUT2D eigenvalue weighted by atomic mass is 10.1. The highest BCUT2D eigenvalue weighted by Gasteiger charge is 2.30. The number of fused-ring (bicyclic) bond motifs is 4. The average Bonchev–Trinajstić information content (AvgIpc) is 3.53. The molecule has 38 heavy (non-hydrogen) atoms. The summed E-state index contributed by atoms with van der Waals surface area (Å²) in [6.07, 6.45) is 0.890. The third-order valence-corrected chi connectivity index (χ3v) is 7.52. The van der Waals surface area contributed by atoms with E-state index in [1.165, 1.54) is 17.4 Å². The van der Waals surface area contributed by atoms with Crippen molar-refractivity contribution in [3.05, 3.63) is 70.6 Å². The van der Waals surface area contributed by atoms with Gasteiger partial charge in [-0.25, -0.2) is 24.1 Å². The van der Waals surface area contributed by atoms with Crippen LogP contribution in [0.15, 0.2) is 48.7 Å². The van der Waals surface area contributed by atoms with Crippen molar-refractivity contribution in [2.75, 3.05) is 13.7 Å². The molecule has 1 aliphatic rings. The summed E-state index contributed by atoms with van der Waals surface area (Å²) in [6, 6.07) is 11.7. The molecular formula is C27H20ClFN4O4S. The monoisotopic (exact) mass is 550 g/mol. The molecule has 8 nitrogen and oxygen atoms in total. The smallest absolute Gasteiger partial charge is 0.412 e. The van der Waals surface area contributed by atoms with Gasteiger partial charge in [0.25, 0.3) is 0 Å². The van der Waals surface area contributed by atoms with Gasteiger partial charge in [-0.2, -0.15) is 0 Å². The lowest BCUT2D eigenvalue weighted by Gasteiger charge is -2.12. The third kappa shape index (κ3) is 4.57. The molecule has 1 atom stereocenters. The topological polar surface area (TPSA) is 95.5 Å². The Hall–Kier alpha value is -4.02. The first kappa shape index (κ1) is 24.3. The number of carbonyl (C=O) groups is 1. The molecule has 0 spiro atoms. The molecule has 2 aromatic heterocycles. The van der Waals surface area contributed by atoms with E-state index in [0.29, 0.717) is 44.6 Å². The number of nitrogens with zero attached hydrogens (tertiary/aromatic N) is 3. The number of hydrogen-bond donors (Lipinski definition) is 1. The van der Waals surface area contributed by atoms with Crippen LogP contribution in [0.25, 0.3) is 31.8 Å². The maximum Gasteiger partial charge on any atom is 0.412 e. The van der Waals surface area contributed by atoms with Crippen LogP contribution in [0.5, 0.6) is 17.4 Å². The Morgan fingerprint density at radius 2 is 2.03 bits per heavy atom. The molecule has 0 radical (unpaired) electrons. The second-order valence-electron chi connectivity index (χ2n) is 8.79. The minimum absolute atomic E-state index is 0.146. The van der Waals surface area contributed by atoms with E-state index in [1.807, 2.05) is 19.1 Å². The summed E-state index contributed by atoms with van der Waals surface area (Å²) < 4.78 is 32.2. The van der Waals surface area contributed by atoms with Crippen LogP contribution in [0.2, 0.25) is 5.02 Å². The van der Waals surface area contributed by atoms with E-state index in [0.717, 1.165) is 21.4 Å². The fourth-order valence-corrected chi connectivity index (χ4v) is 5.65. The van der Waals surface area contributed by atoms with Crippen molar-refractivity contribution >= 4 is 50.3 Å². The number of methoxy groups -OCH3 is 1. The molecule has 11 heteroatoms. The summed E-state index contributed by atoms with van der Waals surface area (Å²) in [5, 5.41) is 3.92. The van der Waals surface area contributed by atoms with Crippen LogP contribution >= 0.6 is 22.9 Å². The van der Waals surface area contributed by atoms with Crippen molar-refractivity contribution in [2.45, 2.75) is 19.4 Å².